The molecule has 8 heteroatoms. The lowest BCUT2D eigenvalue weighted by Gasteiger charge is -2.14. The number of aryl methyl sites for hydroxylation is 1. The average Bonchev–Trinajstić information content (AvgIpc) is 3.02. The fraction of sp³-hybridized carbons (Fsp3) is 0.217. The molecule has 0 aromatic heterocycles. The second-order valence-corrected chi connectivity index (χ2v) is 8.64. The summed E-state index contributed by atoms with van der Waals surface area (Å²) in [4.78, 5) is 38.4. The van der Waals surface area contributed by atoms with Gasteiger partial charge in [-0.3, -0.25) is 14.5 Å². The SMILES string of the molecule is COC(=O)c1ccc(/C=C2\SC(=S)N(CCCC(=O)Nc3ccc(C)cc3)C2=O)cc1. The van der Waals surface area contributed by atoms with E-state index in [1.54, 1.807) is 30.3 Å². The predicted octanol–water partition coefficient (Wildman–Crippen LogP) is 4.40. The Morgan fingerprint density at radius 2 is 1.81 bits per heavy atom. The zero-order chi connectivity index (χ0) is 22.4. The van der Waals surface area contributed by atoms with Gasteiger partial charge in [-0.25, -0.2) is 4.79 Å². The number of anilines is 1. The Morgan fingerprint density at radius 3 is 2.45 bits per heavy atom. The molecule has 1 heterocycles. The predicted molar refractivity (Wildman–Crippen MR) is 127 cm³/mol. The molecule has 0 radical (unpaired) electrons. The lowest BCUT2D eigenvalue weighted by atomic mass is 10.1. The molecular weight excluding hydrogens is 432 g/mol. The van der Waals surface area contributed by atoms with E-state index in [-0.39, 0.29) is 11.8 Å². The van der Waals surface area contributed by atoms with Crippen LogP contribution in [0.3, 0.4) is 0 Å². The summed E-state index contributed by atoms with van der Waals surface area (Å²) < 4.78 is 5.16. The number of amides is 2. The van der Waals surface area contributed by atoms with Crippen molar-refractivity contribution < 1.29 is 19.1 Å². The van der Waals surface area contributed by atoms with Gasteiger partial charge in [0, 0.05) is 18.7 Å². The summed E-state index contributed by atoms with van der Waals surface area (Å²) in [5, 5.41) is 2.85. The van der Waals surface area contributed by atoms with Gasteiger partial charge in [-0.05, 0) is 49.2 Å². The maximum Gasteiger partial charge on any atom is 0.337 e. The quantitative estimate of drug-likeness (QED) is 0.380. The van der Waals surface area contributed by atoms with E-state index < -0.39 is 5.97 Å². The molecule has 2 amide bonds. The standard InChI is InChI=1S/C23H22N2O4S2/c1-15-5-11-18(12-6-15)24-20(26)4-3-13-25-21(27)19(31-23(25)30)14-16-7-9-17(10-8-16)22(28)29-2/h5-12,14H,3-4,13H2,1-2H3,(H,24,26)/b19-14-. The highest BCUT2D eigenvalue weighted by molar-refractivity contribution is 8.26. The van der Waals surface area contributed by atoms with Crippen molar-refractivity contribution in [1.82, 2.24) is 4.90 Å². The van der Waals surface area contributed by atoms with E-state index in [1.165, 1.54) is 23.8 Å². The maximum atomic E-state index is 12.7. The number of nitrogens with zero attached hydrogens (tertiary/aromatic N) is 1. The van der Waals surface area contributed by atoms with Crippen LogP contribution in [0.15, 0.2) is 53.4 Å². The van der Waals surface area contributed by atoms with Crippen LogP contribution in [0.4, 0.5) is 5.69 Å². The van der Waals surface area contributed by atoms with Gasteiger partial charge in [-0.15, -0.1) is 0 Å². The minimum atomic E-state index is -0.413. The topological polar surface area (TPSA) is 75.7 Å². The summed E-state index contributed by atoms with van der Waals surface area (Å²) in [7, 11) is 1.33. The van der Waals surface area contributed by atoms with Gasteiger partial charge in [-0.2, -0.15) is 0 Å². The molecular formula is C23H22N2O4S2. The molecule has 0 unspecified atom stereocenters. The van der Waals surface area contributed by atoms with Gasteiger partial charge < -0.3 is 10.1 Å². The monoisotopic (exact) mass is 454 g/mol. The van der Waals surface area contributed by atoms with Gasteiger partial charge in [0.15, 0.2) is 0 Å². The van der Waals surface area contributed by atoms with Gasteiger partial charge in [0.2, 0.25) is 5.91 Å². The molecule has 2 aromatic carbocycles. The molecule has 0 spiro atoms. The van der Waals surface area contributed by atoms with Crippen molar-refractivity contribution in [1.29, 1.82) is 0 Å². The van der Waals surface area contributed by atoms with E-state index in [0.717, 1.165) is 16.8 Å². The molecule has 3 rings (SSSR count). The second-order valence-electron chi connectivity index (χ2n) is 6.96. The van der Waals surface area contributed by atoms with Gasteiger partial charge in [0.1, 0.15) is 4.32 Å². The number of carbonyl (C=O) groups is 3. The summed E-state index contributed by atoms with van der Waals surface area (Å²) >= 11 is 6.57. The molecule has 1 N–H and O–H groups in total. The van der Waals surface area contributed by atoms with Crippen molar-refractivity contribution in [3.63, 3.8) is 0 Å². The summed E-state index contributed by atoms with van der Waals surface area (Å²) in [6, 6.07) is 14.4. The van der Waals surface area contributed by atoms with Gasteiger partial charge in [-0.1, -0.05) is 53.8 Å². The van der Waals surface area contributed by atoms with Crippen LogP contribution in [0.1, 0.15) is 34.3 Å². The third-order valence-electron chi connectivity index (χ3n) is 4.62. The van der Waals surface area contributed by atoms with Crippen LogP contribution in [-0.2, 0) is 14.3 Å². The summed E-state index contributed by atoms with van der Waals surface area (Å²) in [6.07, 6.45) is 2.54. The highest BCUT2D eigenvalue weighted by Gasteiger charge is 2.31. The van der Waals surface area contributed by atoms with Crippen LogP contribution < -0.4 is 5.32 Å². The largest absolute Gasteiger partial charge is 0.465 e. The molecule has 0 saturated carbocycles. The number of hydrogen-bond acceptors (Lipinski definition) is 6. The van der Waals surface area contributed by atoms with Gasteiger partial charge >= 0.3 is 5.97 Å². The summed E-state index contributed by atoms with van der Waals surface area (Å²) in [5.74, 6) is -0.689. The highest BCUT2D eigenvalue weighted by atomic mass is 32.2. The first kappa shape index (κ1) is 22.7. The zero-order valence-corrected chi connectivity index (χ0v) is 18.8. The fourth-order valence-corrected chi connectivity index (χ4v) is 4.24. The van der Waals surface area contributed by atoms with Crippen LogP contribution in [0.2, 0.25) is 0 Å². The fourth-order valence-electron chi connectivity index (χ4n) is 2.94. The Balaban J connectivity index is 1.53. The molecule has 1 saturated heterocycles. The third-order valence-corrected chi connectivity index (χ3v) is 6.00. The Bertz CT molecular complexity index is 1030. The molecule has 2 aromatic rings. The molecule has 31 heavy (non-hydrogen) atoms. The van der Waals surface area contributed by atoms with E-state index >= 15 is 0 Å². The van der Waals surface area contributed by atoms with Gasteiger partial charge in [0.25, 0.3) is 5.91 Å². The first-order valence-electron chi connectivity index (χ1n) is 9.67. The van der Waals surface area contributed by atoms with Crippen LogP contribution in [-0.4, -0.2) is 40.7 Å². The summed E-state index contributed by atoms with van der Waals surface area (Å²) in [6.45, 7) is 2.37. The second kappa shape index (κ2) is 10.4. The molecule has 160 valence electrons. The number of thioether (sulfide) groups is 1. The van der Waals surface area contributed by atoms with Gasteiger partial charge in [0.05, 0.1) is 17.6 Å². The number of carbonyl (C=O) groups excluding carboxylic acids is 3. The zero-order valence-electron chi connectivity index (χ0n) is 17.2. The van der Waals surface area contributed by atoms with Crippen molar-refractivity contribution in [3.05, 3.63) is 70.1 Å². The molecule has 1 aliphatic heterocycles. The third kappa shape index (κ3) is 6.02. The van der Waals surface area contributed by atoms with Crippen molar-refractivity contribution in [2.75, 3.05) is 19.0 Å². The molecule has 0 atom stereocenters. The van der Waals surface area contributed by atoms with E-state index in [4.69, 9.17) is 12.2 Å². The van der Waals surface area contributed by atoms with Crippen molar-refractivity contribution in [3.8, 4) is 0 Å². The Labute approximate surface area is 190 Å². The number of benzene rings is 2. The molecule has 1 aliphatic rings. The van der Waals surface area contributed by atoms with E-state index in [2.05, 4.69) is 10.1 Å². The van der Waals surface area contributed by atoms with Crippen LogP contribution in [0, 0.1) is 6.92 Å². The smallest absolute Gasteiger partial charge is 0.337 e. The van der Waals surface area contributed by atoms with Crippen molar-refractivity contribution in [2.24, 2.45) is 0 Å². The normalized spacial score (nSPS) is 14.8. The van der Waals surface area contributed by atoms with Crippen LogP contribution in [0.25, 0.3) is 6.08 Å². The summed E-state index contributed by atoms with van der Waals surface area (Å²) in [5.41, 5.74) is 3.10. The van der Waals surface area contributed by atoms with Crippen LogP contribution in [0.5, 0.6) is 0 Å². The number of hydrogen-bond donors (Lipinski definition) is 1. The molecule has 0 aliphatic carbocycles. The number of ether oxygens (including phenoxy) is 1. The lowest BCUT2D eigenvalue weighted by Crippen LogP contribution is -2.29. The van der Waals surface area contributed by atoms with E-state index in [1.807, 2.05) is 31.2 Å². The number of rotatable bonds is 7. The molecule has 6 nitrogen and oxygen atoms in total. The lowest BCUT2D eigenvalue weighted by molar-refractivity contribution is -0.122. The van der Waals surface area contributed by atoms with Crippen LogP contribution >= 0.6 is 24.0 Å². The number of esters is 1. The van der Waals surface area contributed by atoms with E-state index in [9.17, 15) is 14.4 Å². The Morgan fingerprint density at radius 1 is 1.13 bits per heavy atom. The minimum absolute atomic E-state index is 0.101. The first-order chi connectivity index (χ1) is 14.9. The van der Waals surface area contributed by atoms with Crippen molar-refractivity contribution in [2.45, 2.75) is 19.8 Å². The molecule has 1 fully saturated rings. The Hall–Kier alpha value is -2.97. The first-order valence-corrected chi connectivity index (χ1v) is 10.9. The minimum Gasteiger partial charge on any atom is -0.465 e. The maximum absolute atomic E-state index is 12.7. The van der Waals surface area contributed by atoms with Crippen molar-refractivity contribution >= 4 is 57.8 Å². The number of methoxy groups -OCH3 is 1. The molecule has 0 bridgehead atoms. The van der Waals surface area contributed by atoms with E-state index in [0.29, 0.717) is 34.2 Å². The highest BCUT2D eigenvalue weighted by Crippen LogP contribution is 2.32. The average molecular weight is 455 g/mol. The number of nitrogens with one attached hydrogen (secondary N) is 1. The number of thiocarbonyl (C=S) groups is 1. The Kier molecular flexibility index (Phi) is 7.59.